The summed E-state index contributed by atoms with van der Waals surface area (Å²) in [5.41, 5.74) is 0. The van der Waals surface area contributed by atoms with Crippen LogP contribution in [0, 0.1) is 0 Å². The van der Waals surface area contributed by atoms with Crippen LogP contribution in [0.25, 0.3) is 0 Å². The number of likely N-dealkylation sites (N-methyl/N-ethyl adjacent to an activating group) is 1. The van der Waals surface area contributed by atoms with E-state index in [4.69, 9.17) is 0 Å². The monoisotopic (exact) mass is 931 g/mol. The van der Waals surface area contributed by atoms with Gasteiger partial charge in [0.2, 0.25) is 0 Å². The van der Waals surface area contributed by atoms with Crippen molar-refractivity contribution in [3.05, 3.63) is 72.9 Å². The molecule has 0 spiro atoms. The molecule has 0 aromatic carbocycles. The second-order valence-electron chi connectivity index (χ2n) is 20.6. The van der Waals surface area contributed by atoms with Crippen molar-refractivity contribution in [1.29, 1.82) is 0 Å². The van der Waals surface area contributed by atoms with E-state index in [2.05, 4.69) is 120 Å². The van der Waals surface area contributed by atoms with Gasteiger partial charge in [0.15, 0.2) is 0 Å². The molecule has 0 saturated carbocycles. The fourth-order valence-corrected chi connectivity index (χ4v) is 9.30. The molecule has 1 rings (SSSR count). The van der Waals surface area contributed by atoms with Gasteiger partial charge in [-0.2, -0.15) is 0 Å². The first-order chi connectivity index (χ1) is 33.2. The Labute approximate surface area is 421 Å². The molecular formula is C63H118N4. The fourth-order valence-electron chi connectivity index (χ4n) is 9.30. The van der Waals surface area contributed by atoms with Crippen molar-refractivity contribution < 1.29 is 0 Å². The maximum absolute atomic E-state index is 2.85. The van der Waals surface area contributed by atoms with E-state index < -0.39 is 0 Å². The molecule has 0 amide bonds. The summed E-state index contributed by atoms with van der Waals surface area (Å²) in [4.78, 5) is 10.9. The molecule has 0 aromatic heterocycles. The van der Waals surface area contributed by atoms with Crippen LogP contribution in [0.15, 0.2) is 72.9 Å². The van der Waals surface area contributed by atoms with Crippen LogP contribution in [0.2, 0.25) is 0 Å². The van der Waals surface area contributed by atoms with Crippen LogP contribution in [-0.2, 0) is 0 Å². The number of hydrogen-bond acceptors (Lipinski definition) is 4. The Kier molecular flexibility index (Phi) is 50.7. The SMILES string of the molecule is CCCCC/C=C\C/C=C\CCCCCCCCN(C)CCN1CCN(CCN(CCCCCCCC/C=C\C/C=C\CCCCC)CCCCCCCC/C=C\C/C=C\CCCCC)CC1. The third-order valence-corrected chi connectivity index (χ3v) is 14.1. The third kappa shape index (κ3) is 47.7. The lowest BCUT2D eigenvalue weighted by Crippen LogP contribution is -2.50. The Bertz CT molecular complexity index is 1090. The van der Waals surface area contributed by atoms with E-state index in [1.54, 1.807) is 0 Å². The fraction of sp³-hybridized carbons (Fsp3) is 0.810. The number of nitrogens with zero attached hydrogens (tertiary/aromatic N) is 4. The van der Waals surface area contributed by atoms with Crippen LogP contribution in [0.4, 0.5) is 0 Å². The van der Waals surface area contributed by atoms with Gasteiger partial charge in [-0.05, 0) is 142 Å². The third-order valence-electron chi connectivity index (χ3n) is 14.1. The lowest BCUT2D eigenvalue weighted by atomic mass is 10.1. The minimum Gasteiger partial charge on any atom is -0.305 e. The molecule has 390 valence electrons. The van der Waals surface area contributed by atoms with E-state index in [1.807, 2.05) is 0 Å². The number of unbranched alkanes of at least 4 members (excludes halogenated alkanes) is 27. The number of allylic oxidation sites excluding steroid dienone is 12. The van der Waals surface area contributed by atoms with Crippen LogP contribution in [0.1, 0.15) is 252 Å². The molecule has 1 saturated heterocycles. The largest absolute Gasteiger partial charge is 0.305 e. The van der Waals surface area contributed by atoms with Gasteiger partial charge < -0.3 is 9.80 Å². The summed E-state index contributed by atoms with van der Waals surface area (Å²) in [6.45, 7) is 20.7. The summed E-state index contributed by atoms with van der Waals surface area (Å²) < 4.78 is 0. The van der Waals surface area contributed by atoms with E-state index in [9.17, 15) is 0 Å². The van der Waals surface area contributed by atoms with Gasteiger partial charge in [0, 0.05) is 52.4 Å². The standard InChI is InChI=1S/C63H118N4/c1-5-8-11-14-17-20-23-26-29-32-35-38-41-44-47-50-53-64(4)56-57-66-60-62-67(63-61-66)59-58-65(54-51-48-45-42-39-36-33-30-27-24-21-18-15-12-9-6-2)55-52-49-46-43-40-37-34-31-28-25-22-19-16-13-10-7-3/h17-22,26-31H,5-16,23-25,32-63H2,1-4H3/b20-17-,21-18-,22-19-,29-26-,30-27-,31-28-. The van der Waals surface area contributed by atoms with E-state index in [0.717, 1.165) is 19.3 Å². The van der Waals surface area contributed by atoms with Crippen molar-refractivity contribution in [2.24, 2.45) is 0 Å². The van der Waals surface area contributed by atoms with Crippen LogP contribution >= 0.6 is 0 Å². The molecule has 1 aliphatic heterocycles. The van der Waals surface area contributed by atoms with Crippen molar-refractivity contribution in [3.8, 4) is 0 Å². The lowest BCUT2D eigenvalue weighted by molar-refractivity contribution is 0.110. The molecule has 0 bridgehead atoms. The van der Waals surface area contributed by atoms with Gasteiger partial charge in [-0.25, -0.2) is 0 Å². The Hall–Kier alpha value is -1.72. The van der Waals surface area contributed by atoms with Gasteiger partial charge in [-0.15, -0.1) is 0 Å². The zero-order valence-electron chi connectivity index (χ0n) is 46.0. The zero-order chi connectivity index (χ0) is 48.0. The predicted octanol–water partition coefficient (Wildman–Crippen LogP) is 18.3. The molecule has 0 aromatic rings. The topological polar surface area (TPSA) is 13.0 Å². The van der Waals surface area contributed by atoms with Crippen LogP contribution in [0.5, 0.6) is 0 Å². The molecule has 1 aliphatic rings. The van der Waals surface area contributed by atoms with Crippen LogP contribution in [-0.4, -0.2) is 98.6 Å². The maximum atomic E-state index is 2.85. The van der Waals surface area contributed by atoms with E-state index in [-0.39, 0.29) is 0 Å². The lowest BCUT2D eigenvalue weighted by Gasteiger charge is -2.36. The first-order valence-electron chi connectivity index (χ1n) is 29.9. The maximum Gasteiger partial charge on any atom is 0.0110 e. The van der Waals surface area contributed by atoms with Crippen molar-refractivity contribution in [3.63, 3.8) is 0 Å². The van der Waals surface area contributed by atoms with Gasteiger partial charge in [0.05, 0.1) is 0 Å². The Balaban J connectivity index is 2.24. The van der Waals surface area contributed by atoms with E-state index in [1.165, 1.54) is 284 Å². The Morgan fingerprint density at radius 2 is 0.552 bits per heavy atom. The highest BCUT2D eigenvalue weighted by Crippen LogP contribution is 2.13. The van der Waals surface area contributed by atoms with Gasteiger partial charge >= 0.3 is 0 Å². The highest BCUT2D eigenvalue weighted by Gasteiger charge is 2.18. The van der Waals surface area contributed by atoms with Crippen molar-refractivity contribution in [1.82, 2.24) is 19.6 Å². The van der Waals surface area contributed by atoms with Crippen molar-refractivity contribution >= 4 is 0 Å². The number of hydrogen-bond donors (Lipinski definition) is 0. The predicted molar refractivity (Wildman–Crippen MR) is 305 cm³/mol. The van der Waals surface area contributed by atoms with Crippen molar-refractivity contribution in [2.75, 3.05) is 79.0 Å². The molecule has 1 fully saturated rings. The zero-order valence-corrected chi connectivity index (χ0v) is 46.0. The summed E-state index contributed by atoms with van der Waals surface area (Å²) in [6, 6.07) is 0. The molecule has 0 N–H and O–H groups in total. The average molecular weight is 932 g/mol. The minimum atomic E-state index is 1.11. The van der Waals surface area contributed by atoms with Crippen LogP contribution in [0.3, 0.4) is 0 Å². The molecule has 4 heteroatoms. The summed E-state index contributed by atoms with van der Waals surface area (Å²) in [7, 11) is 2.35. The molecule has 1 heterocycles. The number of rotatable bonds is 51. The molecule has 0 unspecified atom stereocenters. The molecular weight excluding hydrogens is 813 g/mol. The first-order valence-corrected chi connectivity index (χ1v) is 29.9. The molecule has 4 nitrogen and oxygen atoms in total. The Morgan fingerprint density at radius 3 is 0.881 bits per heavy atom. The van der Waals surface area contributed by atoms with Crippen LogP contribution < -0.4 is 0 Å². The number of piperazine rings is 1. The molecule has 0 atom stereocenters. The van der Waals surface area contributed by atoms with Gasteiger partial charge in [0.25, 0.3) is 0 Å². The quantitative estimate of drug-likeness (QED) is 0.0445. The second-order valence-corrected chi connectivity index (χ2v) is 20.6. The van der Waals surface area contributed by atoms with Gasteiger partial charge in [0.1, 0.15) is 0 Å². The van der Waals surface area contributed by atoms with E-state index in [0.29, 0.717) is 0 Å². The Morgan fingerprint density at radius 1 is 0.284 bits per heavy atom. The average Bonchev–Trinajstić information content (AvgIpc) is 3.34. The summed E-state index contributed by atoms with van der Waals surface area (Å²) in [5.74, 6) is 0. The van der Waals surface area contributed by atoms with E-state index >= 15 is 0 Å². The summed E-state index contributed by atoms with van der Waals surface area (Å²) in [6.07, 6.45) is 76.5. The summed E-state index contributed by atoms with van der Waals surface area (Å²) >= 11 is 0. The van der Waals surface area contributed by atoms with Gasteiger partial charge in [-0.3, -0.25) is 9.80 Å². The molecule has 0 radical (unpaired) electrons. The summed E-state index contributed by atoms with van der Waals surface area (Å²) in [5, 5.41) is 0. The first kappa shape index (κ1) is 63.3. The highest BCUT2D eigenvalue weighted by atomic mass is 15.3. The molecule has 0 aliphatic carbocycles. The smallest absolute Gasteiger partial charge is 0.0110 e. The minimum absolute atomic E-state index is 1.11. The second kappa shape index (κ2) is 53.6. The highest BCUT2D eigenvalue weighted by molar-refractivity contribution is 4.94. The molecule has 67 heavy (non-hydrogen) atoms. The van der Waals surface area contributed by atoms with Crippen molar-refractivity contribution in [2.45, 2.75) is 252 Å². The normalized spacial score (nSPS) is 14.6. The van der Waals surface area contributed by atoms with Gasteiger partial charge in [-0.1, -0.05) is 209 Å².